The third kappa shape index (κ3) is 3.50. The average molecular weight is 300 g/mol. The molecule has 1 rings (SSSR count). The molecule has 1 saturated heterocycles. The van der Waals surface area contributed by atoms with Gasteiger partial charge in [0.15, 0.2) is 8.32 Å². The highest BCUT2D eigenvalue weighted by atomic mass is 28.4. The Morgan fingerprint density at radius 1 is 1.30 bits per heavy atom. The molecular formula is C15H28O4Si. The fourth-order valence-corrected chi connectivity index (χ4v) is 3.70. The molecule has 0 bridgehead atoms. The molecule has 0 spiro atoms. The van der Waals surface area contributed by atoms with Crippen molar-refractivity contribution in [3.8, 4) is 0 Å². The SMILES string of the molecule is C[C@H]1[C@H](O[Si](C)(C)C(C)(C)C)[C@H](C)C(=O)O[C@@H]1CC=O. The van der Waals surface area contributed by atoms with Crippen LogP contribution in [-0.4, -0.2) is 32.8 Å². The first-order chi connectivity index (χ1) is 9.01. The number of carbonyl (C=O) groups excluding carboxylic acids is 2. The fourth-order valence-electron chi connectivity index (χ4n) is 2.25. The Kier molecular flexibility index (Phi) is 5.19. The highest BCUT2D eigenvalue weighted by Gasteiger charge is 2.47. The van der Waals surface area contributed by atoms with E-state index in [0.717, 1.165) is 6.29 Å². The standard InChI is InChI=1S/C15H28O4Si/c1-10-12(8-9-16)18-14(17)11(2)13(10)19-20(6,7)15(3,4)5/h9-13H,8H2,1-7H3/t10-,11+,12-,13+/m1/s1. The van der Waals surface area contributed by atoms with Crippen molar-refractivity contribution in [1.29, 1.82) is 0 Å². The van der Waals surface area contributed by atoms with Gasteiger partial charge < -0.3 is 14.0 Å². The molecule has 1 fully saturated rings. The number of aldehydes is 1. The van der Waals surface area contributed by atoms with Crippen LogP contribution < -0.4 is 0 Å². The van der Waals surface area contributed by atoms with Gasteiger partial charge in [0.2, 0.25) is 0 Å². The van der Waals surface area contributed by atoms with Crippen LogP contribution in [0.4, 0.5) is 0 Å². The van der Waals surface area contributed by atoms with Gasteiger partial charge in [0, 0.05) is 12.3 Å². The molecule has 0 aliphatic carbocycles. The molecular weight excluding hydrogens is 272 g/mol. The zero-order valence-electron chi connectivity index (χ0n) is 13.7. The third-order valence-corrected chi connectivity index (χ3v) is 9.28. The lowest BCUT2D eigenvalue weighted by molar-refractivity contribution is -0.176. The van der Waals surface area contributed by atoms with Gasteiger partial charge in [-0.1, -0.05) is 27.7 Å². The van der Waals surface area contributed by atoms with Crippen LogP contribution >= 0.6 is 0 Å². The molecule has 0 aromatic rings. The zero-order valence-corrected chi connectivity index (χ0v) is 14.7. The van der Waals surface area contributed by atoms with Gasteiger partial charge in [-0.15, -0.1) is 0 Å². The quantitative estimate of drug-likeness (QED) is 0.454. The summed E-state index contributed by atoms with van der Waals surface area (Å²) in [6.45, 7) is 14.8. The van der Waals surface area contributed by atoms with Crippen LogP contribution in [0.2, 0.25) is 18.1 Å². The van der Waals surface area contributed by atoms with E-state index in [4.69, 9.17) is 9.16 Å². The van der Waals surface area contributed by atoms with Gasteiger partial charge in [-0.05, 0) is 25.1 Å². The minimum Gasteiger partial charge on any atom is -0.461 e. The largest absolute Gasteiger partial charge is 0.461 e. The minimum absolute atomic E-state index is 0.0435. The number of hydrogen-bond acceptors (Lipinski definition) is 4. The van der Waals surface area contributed by atoms with Crippen LogP contribution in [0, 0.1) is 11.8 Å². The Balaban J connectivity index is 2.95. The van der Waals surface area contributed by atoms with Gasteiger partial charge in [-0.25, -0.2) is 0 Å². The summed E-state index contributed by atoms with van der Waals surface area (Å²) in [6, 6.07) is 0. The number of carbonyl (C=O) groups is 2. The van der Waals surface area contributed by atoms with Crippen molar-refractivity contribution >= 4 is 20.6 Å². The lowest BCUT2D eigenvalue weighted by atomic mass is 9.85. The predicted octanol–water partition coefficient (Wildman–Crippen LogP) is 3.16. The number of hydrogen-bond donors (Lipinski definition) is 0. The molecule has 1 aliphatic heterocycles. The summed E-state index contributed by atoms with van der Waals surface area (Å²) in [7, 11) is -1.95. The first-order valence-electron chi connectivity index (χ1n) is 7.33. The van der Waals surface area contributed by atoms with E-state index in [-0.39, 0.29) is 41.5 Å². The Morgan fingerprint density at radius 3 is 2.30 bits per heavy atom. The van der Waals surface area contributed by atoms with Crippen molar-refractivity contribution in [3.05, 3.63) is 0 Å². The van der Waals surface area contributed by atoms with Crippen molar-refractivity contribution in [1.82, 2.24) is 0 Å². The van der Waals surface area contributed by atoms with Gasteiger partial charge in [-0.3, -0.25) is 4.79 Å². The summed E-state index contributed by atoms with van der Waals surface area (Å²) in [5.41, 5.74) is 0. The molecule has 0 aromatic carbocycles. The summed E-state index contributed by atoms with van der Waals surface area (Å²) in [6.07, 6.45) is 0.540. The van der Waals surface area contributed by atoms with Crippen molar-refractivity contribution in [3.63, 3.8) is 0 Å². The van der Waals surface area contributed by atoms with Crippen LogP contribution in [0.5, 0.6) is 0 Å². The van der Waals surface area contributed by atoms with E-state index in [1.807, 2.05) is 13.8 Å². The van der Waals surface area contributed by atoms with E-state index in [1.165, 1.54) is 0 Å². The van der Waals surface area contributed by atoms with E-state index >= 15 is 0 Å². The average Bonchev–Trinajstić information content (AvgIpc) is 2.30. The maximum atomic E-state index is 12.0. The normalized spacial score (nSPS) is 31.9. The van der Waals surface area contributed by atoms with Crippen molar-refractivity contribution < 1.29 is 18.8 Å². The first kappa shape index (κ1) is 17.4. The van der Waals surface area contributed by atoms with Crippen LogP contribution in [0.3, 0.4) is 0 Å². The predicted molar refractivity (Wildman–Crippen MR) is 81.0 cm³/mol. The highest BCUT2D eigenvalue weighted by Crippen LogP contribution is 2.41. The van der Waals surface area contributed by atoms with Gasteiger partial charge in [0.05, 0.1) is 12.0 Å². The van der Waals surface area contributed by atoms with E-state index < -0.39 is 8.32 Å². The molecule has 4 atom stereocenters. The van der Waals surface area contributed by atoms with E-state index in [9.17, 15) is 9.59 Å². The maximum Gasteiger partial charge on any atom is 0.311 e. The van der Waals surface area contributed by atoms with Gasteiger partial charge in [0.25, 0.3) is 0 Å². The summed E-state index contributed by atoms with van der Waals surface area (Å²) >= 11 is 0. The summed E-state index contributed by atoms with van der Waals surface area (Å²) < 4.78 is 11.8. The van der Waals surface area contributed by atoms with E-state index in [2.05, 4.69) is 33.9 Å². The highest BCUT2D eigenvalue weighted by molar-refractivity contribution is 6.74. The van der Waals surface area contributed by atoms with Crippen LogP contribution in [0.15, 0.2) is 0 Å². The molecule has 0 unspecified atom stereocenters. The van der Waals surface area contributed by atoms with Gasteiger partial charge >= 0.3 is 5.97 Å². The van der Waals surface area contributed by atoms with Crippen molar-refractivity contribution in [2.24, 2.45) is 11.8 Å². The van der Waals surface area contributed by atoms with Crippen LogP contribution in [-0.2, 0) is 18.8 Å². The van der Waals surface area contributed by atoms with Gasteiger partial charge in [0.1, 0.15) is 12.4 Å². The first-order valence-corrected chi connectivity index (χ1v) is 10.2. The topological polar surface area (TPSA) is 52.6 Å². The van der Waals surface area contributed by atoms with Crippen molar-refractivity contribution in [2.45, 2.75) is 71.4 Å². The second-order valence-corrected chi connectivity index (χ2v) is 12.1. The summed E-state index contributed by atoms with van der Waals surface area (Å²) in [5, 5.41) is 0.0912. The number of esters is 1. The Morgan fingerprint density at radius 2 is 1.85 bits per heavy atom. The number of ether oxygens (including phenoxy) is 1. The molecule has 0 amide bonds. The van der Waals surface area contributed by atoms with E-state index in [1.54, 1.807) is 0 Å². The molecule has 1 aliphatic rings. The fraction of sp³-hybridized carbons (Fsp3) is 0.867. The lowest BCUT2D eigenvalue weighted by Crippen LogP contribution is -2.54. The molecule has 20 heavy (non-hydrogen) atoms. The second kappa shape index (κ2) is 5.98. The smallest absolute Gasteiger partial charge is 0.311 e. The van der Waals surface area contributed by atoms with E-state index in [0.29, 0.717) is 0 Å². The molecule has 0 aromatic heterocycles. The third-order valence-electron chi connectivity index (χ3n) is 4.80. The second-order valence-electron chi connectivity index (χ2n) is 7.37. The van der Waals surface area contributed by atoms with Crippen LogP contribution in [0.1, 0.15) is 41.0 Å². The molecule has 0 saturated carbocycles. The Labute approximate surface area is 123 Å². The van der Waals surface area contributed by atoms with Crippen LogP contribution in [0.25, 0.3) is 0 Å². The molecule has 0 N–H and O–H groups in total. The Bertz CT molecular complexity index is 373. The minimum atomic E-state index is -1.95. The molecule has 5 heteroatoms. The molecule has 0 radical (unpaired) electrons. The van der Waals surface area contributed by atoms with Crippen molar-refractivity contribution in [2.75, 3.05) is 0 Å². The molecule has 116 valence electrons. The lowest BCUT2D eigenvalue weighted by Gasteiger charge is -2.45. The number of rotatable bonds is 4. The summed E-state index contributed by atoms with van der Waals surface area (Å²) in [4.78, 5) is 22.7. The maximum absolute atomic E-state index is 12.0. The number of cyclic esters (lactones) is 1. The molecule has 1 heterocycles. The Hall–Kier alpha value is -0.683. The van der Waals surface area contributed by atoms with Gasteiger partial charge in [-0.2, -0.15) is 0 Å². The molecule has 4 nitrogen and oxygen atoms in total. The monoisotopic (exact) mass is 300 g/mol. The zero-order chi connectivity index (χ0) is 15.7. The summed E-state index contributed by atoms with van der Waals surface area (Å²) in [5.74, 6) is -0.484.